The number of ether oxygens (including phenoxy) is 2. The first kappa shape index (κ1) is 32.3. The molecule has 8 heteroatoms. The minimum Gasteiger partial charge on any atom is -0.453 e. The Bertz CT molecular complexity index is 3400. The summed E-state index contributed by atoms with van der Waals surface area (Å²) >= 11 is 1.82. The lowest BCUT2D eigenvalue weighted by molar-refractivity contribution is 0.446. The Kier molecular flexibility index (Phi) is 6.76. The van der Waals surface area contributed by atoms with Crippen LogP contribution in [0.2, 0.25) is 0 Å². The van der Waals surface area contributed by atoms with Gasteiger partial charge in [0.25, 0.3) is 0 Å². The van der Waals surface area contributed by atoms with Gasteiger partial charge < -0.3 is 9.47 Å². The van der Waals surface area contributed by atoms with Crippen LogP contribution in [0.4, 0.5) is 17.1 Å². The molecule has 13 rings (SSSR count). The van der Waals surface area contributed by atoms with E-state index in [2.05, 4.69) is 88.3 Å². The molecule has 0 amide bonds. The second-order valence-corrected chi connectivity index (χ2v) is 15.9. The molecule has 8 aromatic carbocycles. The Balaban J connectivity index is 1.07. The smallest absolute Gasteiger partial charge is 0.238 e. The summed E-state index contributed by atoms with van der Waals surface area (Å²) in [7, 11) is 0. The number of anilines is 3. The zero-order valence-corrected chi connectivity index (χ0v) is 32.0. The SMILES string of the molecule is c1ccc(-c2nc(-c3ccccc3)nc(-n3c4ccc(-c5cc6c7c(c5)Oc5ccccc5N7c5ccccc5O6)cc4c4c5sc6ccccc6c5ccc43)n2)cc1. The number of para-hydroxylation sites is 4. The highest BCUT2D eigenvalue weighted by Crippen LogP contribution is 2.60. The van der Waals surface area contributed by atoms with Crippen LogP contribution in [0, 0.1) is 0 Å². The minimum absolute atomic E-state index is 0.559. The third kappa shape index (κ3) is 4.84. The quantitative estimate of drug-likeness (QED) is 0.177. The predicted molar refractivity (Wildman–Crippen MR) is 238 cm³/mol. The van der Waals surface area contributed by atoms with E-state index in [1.54, 1.807) is 0 Å². The van der Waals surface area contributed by atoms with E-state index in [0.29, 0.717) is 17.6 Å². The first-order chi connectivity index (χ1) is 29.2. The highest BCUT2D eigenvalue weighted by Gasteiger charge is 2.35. The molecular weight excluding hydrogens is 747 g/mol. The Morgan fingerprint density at radius 3 is 1.69 bits per heavy atom. The van der Waals surface area contributed by atoms with E-state index in [9.17, 15) is 0 Å². The Labute approximate surface area is 341 Å². The number of hydrogen-bond donors (Lipinski definition) is 0. The average molecular weight is 776 g/mol. The number of hydrogen-bond acceptors (Lipinski definition) is 7. The zero-order chi connectivity index (χ0) is 38.6. The van der Waals surface area contributed by atoms with Crippen LogP contribution in [0.3, 0.4) is 0 Å². The minimum atomic E-state index is 0.559. The van der Waals surface area contributed by atoms with Crippen LogP contribution >= 0.6 is 11.3 Å². The molecule has 2 aliphatic rings. The van der Waals surface area contributed by atoms with E-state index >= 15 is 0 Å². The predicted octanol–water partition coefficient (Wildman–Crippen LogP) is 14.0. The molecule has 0 N–H and O–H groups in total. The maximum Gasteiger partial charge on any atom is 0.238 e. The van der Waals surface area contributed by atoms with E-state index in [4.69, 9.17) is 24.4 Å². The lowest BCUT2D eigenvalue weighted by atomic mass is 9.99. The van der Waals surface area contributed by atoms with Gasteiger partial charge in [0.1, 0.15) is 5.69 Å². The van der Waals surface area contributed by atoms with Crippen molar-refractivity contribution in [2.75, 3.05) is 4.90 Å². The molecule has 0 saturated heterocycles. The van der Waals surface area contributed by atoms with E-state index in [1.807, 2.05) is 108 Å². The summed E-state index contributed by atoms with van der Waals surface area (Å²) in [5, 5.41) is 4.73. The van der Waals surface area contributed by atoms with Crippen molar-refractivity contribution in [2.24, 2.45) is 0 Å². The normalized spacial score (nSPS) is 12.6. The van der Waals surface area contributed by atoms with Crippen LogP contribution in [0.5, 0.6) is 23.0 Å². The monoisotopic (exact) mass is 775 g/mol. The van der Waals surface area contributed by atoms with E-state index in [0.717, 1.165) is 84.1 Å². The molecule has 3 aromatic heterocycles. The number of benzene rings is 8. The first-order valence-corrected chi connectivity index (χ1v) is 20.3. The molecule has 0 bridgehead atoms. The standard InChI is InChI=1S/C51H29N5O2S/c1-3-13-30(14-4-1)49-52-50(31-15-5-2-6-16-31)54-51(53-49)56-37-25-23-32(27-36(37)46-40(56)26-24-35-34-17-7-12-22-45(34)59-48(35)46)33-28-43-47-44(29-33)58-42-21-11-9-19-39(42)55(47)38-18-8-10-20-41(38)57-43/h1-29H. The summed E-state index contributed by atoms with van der Waals surface area (Å²) in [6.45, 7) is 0. The van der Waals surface area contributed by atoms with Gasteiger partial charge in [0.15, 0.2) is 34.6 Å². The van der Waals surface area contributed by atoms with Gasteiger partial charge in [0.05, 0.1) is 22.4 Å². The molecule has 11 aromatic rings. The van der Waals surface area contributed by atoms with Gasteiger partial charge in [0.2, 0.25) is 5.95 Å². The third-order valence-corrected chi connectivity index (χ3v) is 12.6. The second-order valence-electron chi connectivity index (χ2n) is 14.8. The van der Waals surface area contributed by atoms with Crippen LogP contribution in [0.25, 0.3) is 81.8 Å². The maximum atomic E-state index is 6.66. The molecular formula is C51H29N5O2S. The van der Waals surface area contributed by atoms with Crippen LogP contribution < -0.4 is 14.4 Å². The van der Waals surface area contributed by atoms with E-state index in [1.165, 1.54) is 20.2 Å². The van der Waals surface area contributed by atoms with Crippen molar-refractivity contribution in [1.82, 2.24) is 19.5 Å². The van der Waals surface area contributed by atoms with Gasteiger partial charge in [-0.3, -0.25) is 9.47 Å². The number of aromatic nitrogens is 4. The Morgan fingerprint density at radius 2 is 1.02 bits per heavy atom. The summed E-state index contributed by atoms with van der Waals surface area (Å²) in [5.41, 5.74) is 8.76. The van der Waals surface area contributed by atoms with Crippen LogP contribution in [-0.4, -0.2) is 19.5 Å². The van der Waals surface area contributed by atoms with Crippen molar-refractivity contribution < 1.29 is 9.47 Å². The molecule has 0 spiro atoms. The van der Waals surface area contributed by atoms with Crippen molar-refractivity contribution >= 4 is 70.4 Å². The van der Waals surface area contributed by atoms with E-state index in [-0.39, 0.29) is 0 Å². The fourth-order valence-electron chi connectivity index (χ4n) is 8.77. The Hall–Kier alpha value is -7.81. The molecule has 0 atom stereocenters. The fourth-order valence-corrected chi connectivity index (χ4v) is 10.0. The number of thiophene rings is 1. The summed E-state index contributed by atoms with van der Waals surface area (Å²) in [4.78, 5) is 17.7. The van der Waals surface area contributed by atoms with Gasteiger partial charge in [-0.25, -0.2) is 4.98 Å². The van der Waals surface area contributed by atoms with Gasteiger partial charge >= 0.3 is 0 Å². The lowest BCUT2D eigenvalue weighted by Crippen LogP contribution is -2.20. The lowest BCUT2D eigenvalue weighted by Gasteiger charge is -2.38. The zero-order valence-electron chi connectivity index (χ0n) is 31.2. The summed E-state index contributed by atoms with van der Waals surface area (Å²) in [6, 6.07) is 60.7. The fraction of sp³-hybridized carbons (Fsp3) is 0. The molecule has 0 unspecified atom stereocenters. The number of nitrogens with zero attached hydrogens (tertiary/aromatic N) is 5. The van der Waals surface area contributed by atoms with Crippen molar-refractivity contribution in [2.45, 2.75) is 0 Å². The molecule has 2 aliphatic heterocycles. The molecule has 5 heterocycles. The molecule has 0 aliphatic carbocycles. The van der Waals surface area contributed by atoms with Gasteiger partial charge in [-0.05, 0) is 71.8 Å². The number of rotatable bonds is 4. The van der Waals surface area contributed by atoms with Crippen molar-refractivity contribution in [3.8, 4) is 62.8 Å². The largest absolute Gasteiger partial charge is 0.453 e. The first-order valence-electron chi connectivity index (χ1n) is 19.5. The van der Waals surface area contributed by atoms with Crippen molar-refractivity contribution in [1.29, 1.82) is 0 Å². The highest BCUT2D eigenvalue weighted by molar-refractivity contribution is 7.26. The molecule has 0 saturated carbocycles. The van der Waals surface area contributed by atoms with Crippen LogP contribution in [-0.2, 0) is 0 Å². The average Bonchev–Trinajstić information content (AvgIpc) is 3.85. The van der Waals surface area contributed by atoms with E-state index < -0.39 is 0 Å². The summed E-state index contributed by atoms with van der Waals surface area (Å²) in [5.74, 6) is 4.87. The highest BCUT2D eigenvalue weighted by atomic mass is 32.1. The van der Waals surface area contributed by atoms with Crippen LogP contribution in [0.15, 0.2) is 176 Å². The molecule has 276 valence electrons. The van der Waals surface area contributed by atoms with Gasteiger partial charge in [0, 0.05) is 42.1 Å². The van der Waals surface area contributed by atoms with Gasteiger partial charge in [-0.15, -0.1) is 11.3 Å². The second kappa shape index (κ2) is 12.3. The van der Waals surface area contributed by atoms with Gasteiger partial charge in [-0.1, -0.05) is 115 Å². The van der Waals surface area contributed by atoms with Crippen molar-refractivity contribution in [3.63, 3.8) is 0 Å². The molecule has 0 radical (unpaired) electrons. The molecule has 0 fully saturated rings. The van der Waals surface area contributed by atoms with Gasteiger partial charge in [-0.2, -0.15) is 9.97 Å². The Morgan fingerprint density at radius 1 is 0.424 bits per heavy atom. The maximum absolute atomic E-state index is 6.66. The summed E-state index contributed by atoms with van der Waals surface area (Å²) in [6.07, 6.45) is 0. The topological polar surface area (TPSA) is 65.3 Å². The molecule has 59 heavy (non-hydrogen) atoms. The number of fused-ring (bicyclic) bond motifs is 11. The third-order valence-electron chi connectivity index (χ3n) is 11.4. The van der Waals surface area contributed by atoms with Crippen molar-refractivity contribution in [3.05, 3.63) is 176 Å². The van der Waals surface area contributed by atoms with Crippen LogP contribution in [0.1, 0.15) is 0 Å². The molecule has 7 nitrogen and oxygen atoms in total. The summed E-state index contributed by atoms with van der Waals surface area (Å²) < 4.78 is 18.0.